The van der Waals surface area contributed by atoms with Crippen molar-refractivity contribution < 1.29 is 28.5 Å². The van der Waals surface area contributed by atoms with Gasteiger partial charge in [-0.2, -0.15) is 0 Å². The van der Waals surface area contributed by atoms with Gasteiger partial charge in [0.25, 0.3) is 0 Å². The van der Waals surface area contributed by atoms with E-state index in [9.17, 15) is 9.59 Å². The first-order valence-electron chi connectivity index (χ1n) is 21.3. The Bertz CT molecular complexity index is 2620. The van der Waals surface area contributed by atoms with Gasteiger partial charge in [0.05, 0.1) is 45.4 Å². The Kier molecular flexibility index (Phi) is 14.2. The molecule has 0 saturated carbocycles. The average molecular weight is 888 g/mol. The second kappa shape index (κ2) is 20.3. The number of aromatic nitrogens is 4. The number of nitrogens with one attached hydrogen (secondary N) is 1. The maximum atomic E-state index is 13.6. The maximum absolute atomic E-state index is 13.6. The highest BCUT2D eigenvalue weighted by atomic mass is 35.5. The first-order valence-corrected chi connectivity index (χ1v) is 22.5. The van der Waals surface area contributed by atoms with Crippen LogP contribution in [0.1, 0.15) is 67.9 Å². The highest BCUT2D eigenvalue weighted by Crippen LogP contribution is 2.40. The topological polar surface area (TPSA) is 139 Å². The zero-order valence-electron chi connectivity index (χ0n) is 36.0. The summed E-state index contributed by atoms with van der Waals surface area (Å²) in [6, 6.07) is 23.0. The number of fused-ring (bicyclic) bond motifs is 4. The minimum Gasteiger partial charge on any atom is -0.491 e. The lowest BCUT2D eigenvalue weighted by atomic mass is 9.98. The van der Waals surface area contributed by atoms with E-state index in [4.69, 9.17) is 35.5 Å². The number of aryl methyl sites for hydroxylation is 3. The molecule has 1 aliphatic carbocycles. The number of halogens is 1. The lowest BCUT2D eigenvalue weighted by Gasteiger charge is -2.15. The number of anilines is 1. The molecule has 0 amide bonds. The van der Waals surface area contributed by atoms with Gasteiger partial charge in [0.2, 0.25) is 0 Å². The van der Waals surface area contributed by atoms with Crippen LogP contribution in [0.4, 0.5) is 5.82 Å². The molecule has 2 aliphatic rings. The molecule has 0 fully saturated rings. The highest BCUT2D eigenvalue weighted by molar-refractivity contribution is 7.15. The molecule has 0 bridgehead atoms. The van der Waals surface area contributed by atoms with Crippen LogP contribution in [0.15, 0.2) is 84.0 Å². The Balaban J connectivity index is 0.724. The van der Waals surface area contributed by atoms with Crippen LogP contribution in [0.5, 0.6) is 5.75 Å². The molecule has 1 aliphatic heterocycles. The van der Waals surface area contributed by atoms with Crippen LogP contribution in [-0.2, 0) is 43.1 Å². The van der Waals surface area contributed by atoms with E-state index >= 15 is 0 Å². The van der Waals surface area contributed by atoms with E-state index in [0.29, 0.717) is 82.2 Å². The molecular formula is C49H51ClN6O6S. The second-order valence-corrected chi connectivity index (χ2v) is 17.4. The Morgan fingerprint density at radius 2 is 1.51 bits per heavy atom. The van der Waals surface area contributed by atoms with Crippen LogP contribution in [0, 0.1) is 27.7 Å². The number of ether oxygens (including phenoxy) is 4. The number of rotatable bonds is 20. The molecule has 6 aromatic rings. The smallest absolute Gasteiger partial charge is 0.163 e. The normalized spacial score (nSPS) is 14.2. The standard InChI is InChI=1S/C49H51ClN6O6S/c1-30-15-16-51-47(44(30)37-8-7-36-27-41(58)28-38(36)26-37)52-17-18-59-19-20-60-21-22-61-23-24-62-42-13-5-34(6-14-42)25-40(57)29-43-48-55-54-33(4)56(48)49-45(31(2)32(3)63-49)46(53-43)35-9-11-39(50)12-10-35/h5-16,26,43H,17-25,27-29H2,1-4H3,(H,51,52)/t43-/m0/s1. The zero-order valence-corrected chi connectivity index (χ0v) is 37.6. The van der Waals surface area contributed by atoms with Crippen LogP contribution >= 0.6 is 22.9 Å². The number of ketones is 2. The average Bonchev–Trinajstić information content (AvgIpc) is 3.91. The predicted octanol–water partition coefficient (Wildman–Crippen LogP) is 8.58. The van der Waals surface area contributed by atoms with Crippen LogP contribution in [0.2, 0.25) is 5.02 Å². The van der Waals surface area contributed by atoms with E-state index in [-0.39, 0.29) is 24.4 Å². The minimum atomic E-state index is -0.507. The molecular weight excluding hydrogens is 836 g/mol. The monoisotopic (exact) mass is 886 g/mol. The van der Waals surface area contributed by atoms with Crippen molar-refractivity contribution in [2.24, 2.45) is 4.99 Å². The Morgan fingerprint density at radius 3 is 2.27 bits per heavy atom. The molecule has 14 heteroatoms. The summed E-state index contributed by atoms with van der Waals surface area (Å²) < 4.78 is 25.1. The van der Waals surface area contributed by atoms with Gasteiger partial charge in [-0.1, -0.05) is 54.1 Å². The van der Waals surface area contributed by atoms with Crippen molar-refractivity contribution >= 4 is 46.0 Å². The van der Waals surface area contributed by atoms with Crippen molar-refractivity contribution in [3.8, 4) is 21.9 Å². The lowest BCUT2D eigenvalue weighted by Crippen LogP contribution is -2.15. The van der Waals surface area contributed by atoms with E-state index in [1.807, 2.05) is 61.5 Å². The second-order valence-electron chi connectivity index (χ2n) is 15.8. The number of pyridine rings is 1. The summed E-state index contributed by atoms with van der Waals surface area (Å²) in [4.78, 5) is 36.6. The quantitative estimate of drug-likeness (QED) is 0.0742. The van der Waals surface area contributed by atoms with E-state index in [2.05, 4.69) is 64.0 Å². The molecule has 12 nitrogen and oxygen atoms in total. The van der Waals surface area contributed by atoms with Crippen molar-refractivity contribution in [2.75, 3.05) is 58.1 Å². The number of Topliss-reactive ketones (excluding diaryl/α,β-unsaturated/α-hetero) is 2. The highest BCUT2D eigenvalue weighted by Gasteiger charge is 2.32. The van der Waals surface area contributed by atoms with E-state index < -0.39 is 6.04 Å². The summed E-state index contributed by atoms with van der Waals surface area (Å²) in [7, 11) is 0. The predicted molar refractivity (Wildman–Crippen MR) is 246 cm³/mol. The van der Waals surface area contributed by atoms with Gasteiger partial charge in [0, 0.05) is 65.0 Å². The van der Waals surface area contributed by atoms with Gasteiger partial charge in [0.15, 0.2) is 5.82 Å². The van der Waals surface area contributed by atoms with Crippen LogP contribution in [0.3, 0.4) is 0 Å². The van der Waals surface area contributed by atoms with Crippen LogP contribution in [0.25, 0.3) is 16.1 Å². The van der Waals surface area contributed by atoms with Crippen molar-refractivity contribution in [3.05, 3.63) is 139 Å². The minimum absolute atomic E-state index is 0.0505. The van der Waals surface area contributed by atoms with Crippen LogP contribution < -0.4 is 10.1 Å². The summed E-state index contributed by atoms with van der Waals surface area (Å²) in [5.74, 6) is 3.25. The number of hydrogen-bond donors (Lipinski definition) is 1. The SMILES string of the molecule is Cc1ccnc(NCCOCCOCCOCCOc2ccc(CC(=O)C[C@@H]3N=C(c4ccc(Cl)cc4)c4c(sc(C)c4C)-n4c(C)nnc43)cc2)c1-c1ccc2c(c1)CC(=O)C2. The molecule has 4 heterocycles. The van der Waals surface area contributed by atoms with Gasteiger partial charge in [-0.05, 0) is 91.4 Å². The lowest BCUT2D eigenvalue weighted by molar-refractivity contribution is -0.119. The summed E-state index contributed by atoms with van der Waals surface area (Å²) >= 11 is 7.94. The Labute approximate surface area is 376 Å². The summed E-state index contributed by atoms with van der Waals surface area (Å²) in [6.45, 7) is 12.0. The number of thiophene rings is 1. The molecule has 0 unspecified atom stereocenters. The Hall–Kier alpha value is -5.57. The molecule has 63 heavy (non-hydrogen) atoms. The number of carbonyl (C=O) groups is 2. The fraction of sp³-hybridized carbons (Fsp3) is 0.347. The fourth-order valence-corrected chi connectivity index (χ4v) is 9.36. The molecule has 1 atom stereocenters. The first kappa shape index (κ1) is 44.1. The molecule has 3 aromatic carbocycles. The molecule has 8 rings (SSSR count). The summed E-state index contributed by atoms with van der Waals surface area (Å²) in [5.41, 5.74) is 10.3. The van der Waals surface area contributed by atoms with Crippen LogP contribution in [-0.4, -0.2) is 89.8 Å². The van der Waals surface area contributed by atoms with Gasteiger partial charge in [-0.3, -0.25) is 19.1 Å². The zero-order chi connectivity index (χ0) is 43.9. The van der Waals surface area contributed by atoms with Gasteiger partial charge in [-0.15, -0.1) is 21.5 Å². The van der Waals surface area contributed by atoms with E-state index in [0.717, 1.165) is 72.4 Å². The number of benzene rings is 3. The van der Waals surface area contributed by atoms with Gasteiger partial charge in [0.1, 0.15) is 46.6 Å². The molecule has 0 radical (unpaired) electrons. The van der Waals surface area contributed by atoms with Crippen molar-refractivity contribution in [3.63, 3.8) is 0 Å². The first-order chi connectivity index (χ1) is 30.6. The Morgan fingerprint density at radius 1 is 0.810 bits per heavy atom. The van der Waals surface area contributed by atoms with Gasteiger partial charge < -0.3 is 24.3 Å². The number of carbonyl (C=O) groups excluding carboxylic acids is 2. The third kappa shape index (κ3) is 10.5. The molecule has 326 valence electrons. The molecule has 3 aromatic heterocycles. The largest absolute Gasteiger partial charge is 0.491 e. The molecule has 1 N–H and O–H groups in total. The molecule has 0 saturated heterocycles. The van der Waals surface area contributed by atoms with Gasteiger partial charge >= 0.3 is 0 Å². The number of nitrogens with zero attached hydrogens (tertiary/aromatic N) is 5. The van der Waals surface area contributed by atoms with E-state index in [1.165, 1.54) is 4.88 Å². The van der Waals surface area contributed by atoms with Crippen molar-refractivity contribution in [1.29, 1.82) is 0 Å². The third-order valence-electron chi connectivity index (χ3n) is 11.3. The fourth-order valence-electron chi connectivity index (χ4n) is 8.02. The third-order valence-corrected chi connectivity index (χ3v) is 12.8. The molecule has 0 spiro atoms. The van der Waals surface area contributed by atoms with Crippen molar-refractivity contribution in [2.45, 2.75) is 59.4 Å². The summed E-state index contributed by atoms with van der Waals surface area (Å²) in [5, 5.41) is 14.0. The maximum Gasteiger partial charge on any atom is 0.163 e. The number of hydrogen-bond acceptors (Lipinski definition) is 12. The number of aliphatic imine (C=N–C) groups is 1. The summed E-state index contributed by atoms with van der Waals surface area (Å²) in [6.07, 6.45) is 3.27. The van der Waals surface area contributed by atoms with Gasteiger partial charge in [-0.25, -0.2) is 4.98 Å². The van der Waals surface area contributed by atoms with Crippen molar-refractivity contribution in [1.82, 2.24) is 19.7 Å². The van der Waals surface area contributed by atoms with E-state index in [1.54, 1.807) is 17.5 Å².